The van der Waals surface area contributed by atoms with Gasteiger partial charge in [0, 0.05) is 26.3 Å². The Morgan fingerprint density at radius 1 is 1.16 bits per heavy atom. The number of nitrogens with one attached hydrogen (secondary N) is 1. The molecule has 0 saturated heterocycles. The number of hydrogen-bond donors (Lipinski definition) is 1. The zero-order chi connectivity index (χ0) is 27.4. The Labute approximate surface area is 218 Å². The summed E-state index contributed by atoms with van der Waals surface area (Å²) in [5.74, 6) is -0.740. The minimum Gasteiger partial charge on any atom is -0.340 e. The lowest BCUT2D eigenvalue weighted by Gasteiger charge is -2.26. The minimum absolute atomic E-state index is 0.0386. The summed E-state index contributed by atoms with van der Waals surface area (Å²) in [4.78, 5) is 14.3. The first kappa shape index (κ1) is 28.2. The summed E-state index contributed by atoms with van der Waals surface area (Å²) in [6, 6.07) is 13.2. The number of nitrogens with zero attached hydrogens (tertiary/aromatic N) is 3. The predicted molar refractivity (Wildman–Crippen MR) is 132 cm³/mol. The Bertz CT molecular complexity index is 1410. The second-order valence-electron chi connectivity index (χ2n) is 8.40. The average molecular weight is 553 g/mol. The lowest BCUT2D eigenvalue weighted by atomic mass is 10.1. The maximum atomic E-state index is 13.5. The van der Waals surface area contributed by atoms with E-state index < -0.39 is 40.3 Å². The third-order valence-electron chi connectivity index (χ3n) is 5.74. The predicted octanol–water partition coefficient (Wildman–Crippen LogP) is 4.74. The molecule has 0 spiro atoms. The van der Waals surface area contributed by atoms with Crippen LogP contribution in [0.15, 0.2) is 65.7 Å². The van der Waals surface area contributed by atoms with Gasteiger partial charge in [-0.05, 0) is 48.7 Å². The van der Waals surface area contributed by atoms with Crippen molar-refractivity contribution in [1.82, 2.24) is 14.2 Å². The molecule has 1 heterocycles. The fourth-order valence-corrected chi connectivity index (χ4v) is 6.00. The molecule has 1 amide bonds. The Kier molecular flexibility index (Phi) is 8.68. The quantitative estimate of drug-likeness (QED) is 0.415. The van der Waals surface area contributed by atoms with Crippen LogP contribution in [0.4, 0.5) is 13.2 Å². The Morgan fingerprint density at radius 3 is 2.51 bits per heavy atom. The van der Waals surface area contributed by atoms with Gasteiger partial charge in [-0.1, -0.05) is 41.9 Å². The van der Waals surface area contributed by atoms with Crippen LogP contribution < -0.4 is 4.72 Å². The van der Waals surface area contributed by atoms with E-state index in [4.69, 9.17) is 11.6 Å². The number of hydrogen-bond acceptors (Lipinski definition) is 4. The van der Waals surface area contributed by atoms with Crippen molar-refractivity contribution in [3.05, 3.63) is 88.2 Å². The number of carbonyl (C=O) groups is 1. The van der Waals surface area contributed by atoms with E-state index in [1.54, 1.807) is 42.0 Å². The molecular weight excluding hydrogens is 529 g/mol. The molecule has 12 heteroatoms. The molecular formula is C25H24ClF3N4O3S. The van der Waals surface area contributed by atoms with Crippen molar-refractivity contribution in [2.45, 2.75) is 43.5 Å². The number of sulfonamides is 1. The summed E-state index contributed by atoms with van der Waals surface area (Å²) < 4.78 is 70.8. The van der Waals surface area contributed by atoms with Gasteiger partial charge in [0.25, 0.3) is 0 Å². The first-order valence-electron chi connectivity index (χ1n) is 11.1. The topological polar surface area (TPSA) is 95.2 Å². The molecule has 0 radical (unpaired) electrons. The molecule has 0 aliphatic rings. The molecule has 0 bridgehead atoms. The normalized spacial score (nSPS) is 12.7. The van der Waals surface area contributed by atoms with Gasteiger partial charge in [-0.15, -0.1) is 0 Å². The molecule has 2 aromatic carbocycles. The van der Waals surface area contributed by atoms with Gasteiger partial charge in [0.1, 0.15) is 22.7 Å². The molecule has 3 rings (SSSR count). The van der Waals surface area contributed by atoms with Crippen LogP contribution in [-0.4, -0.2) is 36.9 Å². The third kappa shape index (κ3) is 6.71. The second kappa shape index (κ2) is 11.4. The summed E-state index contributed by atoms with van der Waals surface area (Å²) >= 11 is 6.14. The molecule has 3 aromatic rings. The average Bonchev–Trinajstić information content (AvgIpc) is 3.28. The molecule has 1 atom stereocenters. The standard InChI is InChI=1S/C25H24ClF3N4O3S/c1-17-7-5-11-21(26)23(17)37(35,36)31-22(12-14-33-13-6-9-19(33)15-30)24(34)32(2)16-18-8-3-4-10-20(18)25(27,28)29/h3-11,13,22,31H,12,14,16H2,1-2H3. The van der Waals surface area contributed by atoms with Gasteiger partial charge in [-0.25, -0.2) is 8.42 Å². The number of amides is 1. The minimum atomic E-state index is -4.62. The van der Waals surface area contributed by atoms with E-state index >= 15 is 0 Å². The SMILES string of the molecule is Cc1cccc(Cl)c1S(=O)(=O)NC(CCn1cccc1C#N)C(=O)N(C)Cc1ccccc1C(F)(F)F. The third-order valence-corrected chi connectivity index (χ3v) is 7.84. The molecule has 0 aliphatic carbocycles. The highest BCUT2D eigenvalue weighted by Gasteiger charge is 2.35. The number of nitriles is 1. The summed E-state index contributed by atoms with van der Waals surface area (Å²) in [5, 5.41) is 9.22. The number of aromatic nitrogens is 1. The number of rotatable bonds is 9. The maximum absolute atomic E-state index is 13.5. The number of halogens is 4. The van der Waals surface area contributed by atoms with E-state index in [1.165, 1.54) is 31.3 Å². The monoisotopic (exact) mass is 552 g/mol. The molecule has 1 N–H and O–H groups in total. The number of alkyl halides is 3. The Balaban J connectivity index is 1.92. The van der Waals surface area contributed by atoms with Crippen LogP contribution >= 0.6 is 11.6 Å². The fraction of sp³-hybridized carbons (Fsp3) is 0.280. The Morgan fingerprint density at radius 2 is 1.86 bits per heavy atom. The number of likely N-dealkylation sites (N-methyl/N-ethyl adjacent to an activating group) is 1. The number of aryl methyl sites for hydroxylation is 2. The van der Waals surface area contributed by atoms with Crippen molar-refractivity contribution in [2.75, 3.05) is 7.05 Å². The van der Waals surface area contributed by atoms with Gasteiger partial charge < -0.3 is 9.47 Å². The molecule has 7 nitrogen and oxygen atoms in total. The van der Waals surface area contributed by atoms with Gasteiger partial charge in [-0.2, -0.15) is 23.2 Å². The van der Waals surface area contributed by atoms with Crippen LogP contribution in [0, 0.1) is 18.3 Å². The van der Waals surface area contributed by atoms with Crippen LogP contribution in [0.2, 0.25) is 5.02 Å². The van der Waals surface area contributed by atoms with Crippen molar-refractivity contribution >= 4 is 27.5 Å². The highest BCUT2D eigenvalue weighted by Crippen LogP contribution is 2.32. The highest BCUT2D eigenvalue weighted by molar-refractivity contribution is 7.89. The van der Waals surface area contributed by atoms with Crippen molar-refractivity contribution in [3.8, 4) is 6.07 Å². The maximum Gasteiger partial charge on any atom is 0.416 e. The number of carbonyl (C=O) groups excluding carboxylic acids is 1. The number of benzene rings is 2. The van der Waals surface area contributed by atoms with E-state index in [0.29, 0.717) is 11.3 Å². The lowest BCUT2D eigenvalue weighted by Crippen LogP contribution is -2.47. The zero-order valence-electron chi connectivity index (χ0n) is 20.0. The largest absolute Gasteiger partial charge is 0.416 e. The van der Waals surface area contributed by atoms with Crippen LogP contribution in [0.25, 0.3) is 0 Å². The fourth-order valence-electron chi connectivity index (χ4n) is 3.95. The molecule has 1 unspecified atom stereocenters. The van der Waals surface area contributed by atoms with Crippen LogP contribution in [-0.2, 0) is 34.1 Å². The van der Waals surface area contributed by atoms with Gasteiger partial charge >= 0.3 is 6.18 Å². The summed E-state index contributed by atoms with van der Waals surface area (Å²) in [6.07, 6.45) is -3.09. The van der Waals surface area contributed by atoms with E-state index in [1.807, 2.05) is 6.07 Å². The molecule has 0 saturated carbocycles. The molecule has 37 heavy (non-hydrogen) atoms. The van der Waals surface area contributed by atoms with Crippen molar-refractivity contribution in [3.63, 3.8) is 0 Å². The van der Waals surface area contributed by atoms with Crippen LogP contribution in [0.3, 0.4) is 0 Å². The molecule has 196 valence electrons. The highest BCUT2D eigenvalue weighted by atomic mass is 35.5. The first-order chi connectivity index (χ1) is 17.3. The lowest BCUT2D eigenvalue weighted by molar-refractivity contribution is -0.139. The molecule has 0 aliphatic heterocycles. The second-order valence-corrected chi connectivity index (χ2v) is 10.5. The van der Waals surface area contributed by atoms with Gasteiger partial charge in [0.15, 0.2) is 0 Å². The van der Waals surface area contributed by atoms with Crippen molar-refractivity contribution in [1.29, 1.82) is 5.26 Å². The van der Waals surface area contributed by atoms with Crippen molar-refractivity contribution in [2.24, 2.45) is 0 Å². The van der Waals surface area contributed by atoms with E-state index in [0.717, 1.165) is 11.0 Å². The summed E-state index contributed by atoms with van der Waals surface area (Å²) in [7, 11) is -2.99. The van der Waals surface area contributed by atoms with Gasteiger partial charge in [0.05, 0.1) is 10.6 Å². The molecule has 1 aromatic heterocycles. The van der Waals surface area contributed by atoms with Gasteiger partial charge in [-0.3, -0.25) is 4.79 Å². The first-order valence-corrected chi connectivity index (χ1v) is 12.9. The van der Waals surface area contributed by atoms with Crippen LogP contribution in [0.5, 0.6) is 0 Å². The zero-order valence-corrected chi connectivity index (χ0v) is 21.5. The van der Waals surface area contributed by atoms with E-state index in [9.17, 15) is 31.6 Å². The van der Waals surface area contributed by atoms with Crippen LogP contribution in [0.1, 0.15) is 28.8 Å². The Hall–Kier alpha value is -3.33. The van der Waals surface area contributed by atoms with Gasteiger partial charge in [0.2, 0.25) is 15.9 Å². The molecule has 0 fully saturated rings. The van der Waals surface area contributed by atoms with E-state index in [2.05, 4.69) is 4.72 Å². The summed E-state index contributed by atoms with van der Waals surface area (Å²) in [6.45, 7) is 1.25. The van der Waals surface area contributed by atoms with E-state index in [-0.39, 0.29) is 28.4 Å². The summed E-state index contributed by atoms with van der Waals surface area (Å²) in [5.41, 5.74) is -0.352. The van der Waals surface area contributed by atoms with Crippen molar-refractivity contribution < 1.29 is 26.4 Å². The smallest absolute Gasteiger partial charge is 0.340 e.